The first kappa shape index (κ1) is 21.6. The molecule has 0 aliphatic carbocycles. The minimum atomic E-state index is -0.347. The largest absolute Gasteiger partial charge is 0.349 e. The molecule has 0 unspecified atom stereocenters. The molecule has 2 aromatic rings. The van der Waals surface area contributed by atoms with Gasteiger partial charge in [0.1, 0.15) is 0 Å². The zero-order valence-corrected chi connectivity index (χ0v) is 17.3. The maximum atomic E-state index is 12.5. The van der Waals surface area contributed by atoms with E-state index in [0.717, 1.165) is 36.4 Å². The molecule has 5 heteroatoms. The molecule has 2 rings (SSSR count). The van der Waals surface area contributed by atoms with Gasteiger partial charge in [0, 0.05) is 19.2 Å². The van der Waals surface area contributed by atoms with Crippen molar-refractivity contribution in [2.75, 3.05) is 18.4 Å². The van der Waals surface area contributed by atoms with E-state index in [1.54, 1.807) is 0 Å². The maximum Gasteiger partial charge on any atom is 0.226 e. The van der Waals surface area contributed by atoms with Gasteiger partial charge in [0.05, 0.1) is 12.5 Å². The summed E-state index contributed by atoms with van der Waals surface area (Å²) in [6.45, 7) is 10.7. The first-order chi connectivity index (χ1) is 13.4. The van der Waals surface area contributed by atoms with Crippen LogP contribution in [0.5, 0.6) is 0 Å². The Hall–Kier alpha value is -2.66. The molecular formula is C23H31N3O2. The second kappa shape index (κ2) is 10.6. The monoisotopic (exact) mass is 381 g/mol. The third-order valence-corrected chi connectivity index (χ3v) is 4.79. The Morgan fingerprint density at radius 2 is 1.57 bits per heavy atom. The van der Waals surface area contributed by atoms with E-state index < -0.39 is 0 Å². The molecule has 2 N–H and O–H groups in total. The summed E-state index contributed by atoms with van der Waals surface area (Å²) in [6, 6.07) is 15.5. The van der Waals surface area contributed by atoms with Crippen LogP contribution in [0.15, 0.2) is 48.5 Å². The number of anilines is 1. The summed E-state index contributed by atoms with van der Waals surface area (Å²) in [5.41, 5.74) is 4.04. The maximum absolute atomic E-state index is 12.5. The molecule has 0 fully saturated rings. The lowest BCUT2D eigenvalue weighted by molar-refractivity contribution is -0.120. The summed E-state index contributed by atoms with van der Waals surface area (Å²) >= 11 is 0. The standard InChI is InChI=1S/C23H31N3O2/c1-5-26(6-2)16-19-9-13-21(14-10-19)25-23(28)15-22(24-18(4)27)20-11-7-17(3)8-12-20/h7-14,22H,5-6,15-16H2,1-4H3,(H,24,27)(H,25,28)/t22-/m1/s1. The van der Waals surface area contributed by atoms with Gasteiger partial charge in [0.25, 0.3) is 0 Å². The van der Waals surface area contributed by atoms with Gasteiger partial charge < -0.3 is 10.6 Å². The van der Waals surface area contributed by atoms with Crippen molar-refractivity contribution in [2.45, 2.75) is 46.7 Å². The van der Waals surface area contributed by atoms with Crippen LogP contribution in [0, 0.1) is 6.92 Å². The lowest BCUT2D eigenvalue weighted by Crippen LogP contribution is -2.29. The van der Waals surface area contributed by atoms with E-state index in [-0.39, 0.29) is 24.3 Å². The topological polar surface area (TPSA) is 61.4 Å². The highest BCUT2D eigenvalue weighted by Gasteiger charge is 2.17. The van der Waals surface area contributed by atoms with Crippen molar-refractivity contribution in [3.05, 3.63) is 65.2 Å². The summed E-state index contributed by atoms with van der Waals surface area (Å²) in [4.78, 5) is 26.4. The van der Waals surface area contributed by atoms with Gasteiger partial charge in [-0.1, -0.05) is 55.8 Å². The Balaban J connectivity index is 1.99. The molecule has 2 amide bonds. The van der Waals surface area contributed by atoms with Crippen molar-refractivity contribution < 1.29 is 9.59 Å². The van der Waals surface area contributed by atoms with E-state index >= 15 is 0 Å². The summed E-state index contributed by atoms with van der Waals surface area (Å²) < 4.78 is 0. The fourth-order valence-electron chi connectivity index (χ4n) is 3.09. The van der Waals surface area contributed by atoms with Crippen molar-refractivity contribution in [3.8, 4) is 0 Å². The molecule has 0 aromatic heterocycles. The number of aryl methyl sites for hydroxylation is 1. The van der Waals surface area contributed by atoms with Crippen LogP contribution in [-0.4, -0.2) is 29.8 Å². The first-order valence-corrected chi connectivity index (χ1v) is 9.86. The summed E-state index contributed by atoms with van der Waals surface area (Å²) in [5.74, 6) is -0.282. The zero-order valence-electron chi connectivity index (χ0n) is 17.3. The van der Waals surface area contributed by atoms with E-state index in [1.807, 2.05) is 55.5 Å². The highest BCUT2D eigenvalue weighted by molar-refractivity contribution is 5.91. The number of nitrogens with zero attached hydrogens (tertiary/aromatic N) is 1. The zero-order chi connectivity index (χ0) is 20.5. The van der Waals surface area contributed by atoms with Crippen molar-refractivity contribution >= 4 is 17.5 Å². The normalized spacial score (nSPS) is 11.9. The van der Waals surface area contributed by atoms with Gasteiger partial charge in [-0.15, -0.1) is 0 Å². The van der Waals surface area contributed by atoms with Crippen LogP contribution >= 0.6 is 0 Å². The molecule has 2 aromatic carbocycles. The average Bonchev–Trinajstić information content (AvgIpc) is 2.67. The van der Waals surface area contributed by atoms with E-state index in [1.165, 1.54) is 12.5 Å². The third-order valence-electron chi connectivity index (χ3n) is 4.79. The van der Waals surface area contributed by atoms with E-state index in [2.05, 4.69) is 29.4 Å². The van der Waals surface area contributed by atoms with Crippen LogP contribution in [0.25, 0.3) is 0 Å². The number of hydrogen-bond acceptors (Lipinski definition) is 3. The Morgan fingerprint density at radius 1 is 0.964 bits per heavy atom. The average molecular weight is 382 g/mol. The van der Waals surface area contributed by atoms with Crippen LogP contribution in [0.1, 0.15) is 49.9 Å². The Morgan fingerprint density at radius 3 is 2.11 bits per heavy atom. The molecule has 5 nitrogen and oxygen atoms in total. The van der Waals surface area contributed by atoms with Crippen LogP contribution in [-0.2, 0) is 16.1 Å². The van der Waals surface area contributed by atoms with Gasteiger partial charge in [-0.05, 0) is 43.3 Å². The highest BCUT2D eigenvalue weighted by Crippen LogP contribution is 2.19. The molecular weight excluding hydrogens is 350 g/mol. The SMILES string of the molecule is CCN(CC)Cc1ccc(NC(=O)C[C@@H](NC(C)=O)c2ccc(C)cc2)cc1. The molecule has 0 saturated carbocycles. The highest BCUT2D eigenvalue weighted by atomic mass is 16.2. The molecule has 0 aliphatic rings. The van der Waals surface area contributed by atoms with Crippen molar-refractivity contribution in [1.29, 1.82) is 0 Å². The number of amides is 2. The minimum absolute atomic E-state index is 0.129. The smallest absolute Gasteiger partial charge is 0.226 e. The van der Waals surface area contributed by atoms with E-state index in [4.69, 9.17) is 0 Å². The number of nitrogens with one attached hydrogen (secondary N) is 2. The van der Waals surface area contributed by atoms with Gasteiger partial charge >= 0.3 is 0 Å². The predicted molar refractivity (Wildman–Crippen MR) is 114 cm³/mol. The van der Waals surface area contributed by atoms with Crippen molar-refractivity contribution in [1.82, 2.24) is 10.2 Å². The van der Waals surface area contributed by atoms with Gasteiger partial charge in [-0.25, -0.2) is 0 Å². The Bertz CT molecular complexity index is 765. The van der Waals surface area contributed by atoms with Crippen LogP contribution in [0.4, 0.5) is 5.69 Å². The second-order valence-electron chi connectivity index (χ2n) is 7.07. The molecule has 150 valence electrons. The number of carbonyl (C=O) groups excluding carboxylic acids is 2. The minimum Gasteiger partial charge on any atom is -0.349 e. The predicted octanol–water partition coefficient (Wildman–Crippen LogP) is 4.04. The molecule has 0 heterocycles. The quantitative estimate of drug-likeness (QED) is 0.689. The van der Waals surface area contributed by atoms with Gasteiger partial charge in [-0.2, -0.15) is 0 Å². The molecule has 0 spiro atoms. The first-order valence-electron chi connectivity index (χ1n) is 9.86. The Kier molecular flexibility index (Phi) is 8.20. The van der Waals surface area contributed by atoms with Crippen molar-refractivity contribution in [2.24, 2.45) is 0 Å². The van der Waals surface area contributed by atoms with Gasteiger partial charge in [0.2, 0.25) is 11.8 Å². The van der Waals surface area contributed by atoms with Crippen LogP contribution < -0.4 is 10.6 Å². The molecule has 0 aliphatic heterocycles. The summed E-state index contributed by atoms with van der Waals surface area (Å²) in [6.07, 6.45) is 0.184. The lowest BCUT2D eigenvalue weighted by atomic mass is 10.0. The van der Waals surface area contributed by atoms with Crippen LogP contribution in [0.3, 0.4) is 0 Å². The fraction of sp³-hybridized carbons (Fsp3) is 0.391. The third kappa shape index (κ3) is 6.82. The molecule has 0 radical (unpaired) electrons. The van der Waals surface area contributed by atoms with Crippen molar-refractivity contribution in [3.63, 3.8) is 0 Å². The Labute approximate surface area is 168 Å². The number of rotatable bonds is 9. The van der Waals surface area contributed by atoms with Crippen LogP contribution in [0.2, 0.25) is 0 Å². The molecule has 0 bridgehead atoms. The molecule has 0 saturated heterocycles. The van der Waals surface area contributed by atoms with Gasteiger partial charge in [0.15, 0.2) is 0 Å². The van der Waals surface area contributed by atoms with E-state index in [0.29, 0.717) is 0 Å². The number of carbonyl (C=O) groups is 2. The van der Waals surface area contributed by atoms with E-state index in [9.17, 15) is 9.59 Å². The second-order valence-corrected chi connectivity index (χ2v) is 7.07. The summed E-state index contributed by atoms with van der Waals surface area (Å²) in [7, 11) is 0. The number of benzene rings is 2. The summed E-state index contributed by atoms with van der Waals surface area (Å²) in [5, 5.41) is 5.80. The lowest BCUT2D eigenvalue weighted by Gasteiger charge is -2.19. The molecule has 28 heavy (non-hydrogen) atoms. The molecule has 1 atom stereocenters. The van der Waals surface area contributed by atoms with Gasteiger partial charge in [-0.3, -0.25) is 14.5 Å². The number of hydrogen-bond donors (Lipinski definition) is 2. The fourth-order valence-corrected chi connectivity index (χ4v) is 3.09.